The molecule has 2 aromatic carbocycles. The van der Waals surface area contributed by atoms with Gasteiger partial charge in [-0.3, -0.25) is 5.32 Å². The van der Waals surface area contributed by atoms with Gasteiger partial charge in [-0.15, -0.1) is 0 Å². The van der Waals surface area contributed by atoms with Crippen molar-refractivity contribution < 1.29 is 19.0 Å². The number of rotatable bonds is 7. The van der Waals surface area contributed by atoms with Gasteiger partial charge < -0.3 is 24.8 Å². The minimum Gasteiger partial charge on any atom is -0.497 e. The van der Waals surface area contributed by atoms with Gasteiger partial charge in [-0.2, -0.15) is 0 Å². The number of nitrogens with zero attached hydrogens (tertiary/aromatic N) is 2. The van der Waals surface area contributed by atoms with Crippen LogP contribution >= 0.6 is 15.9 Å². The Kier molecular flexibility index (Phi) is 6.91. The van der Waals surface area contributed by atoms with Crippen LogP contribution in [0.3, 0.4) is 0 Å². The summed E-state index contributed by atoms with van der Waals surface area (Å²) in [6, 6.07) is 11.7. The van der Waals surface area contributed by atoms with E-state index in [0.29, 0.717) is 40.3 Å². The number of nitrogens with one attached hydrogen (secondary N) is 3. The third-order valence-corrected chi connectivity index (χ3v) is 4.44. The molecule has 156 valence electrons. The topological polar surface area (TPSA) is 107 Å². The number of carbonyl (C=O) groups is 1. The zero-order valence-corrected chi connectivity index (χ0v) is 18.1. The van der Waals surface area contributed by atoms with Crippen molar-refractivity contribution in [1.82, 2.24) is 9.97 Å². The molecule has 30 heavy (non-hydrogen) atoms. The predicted octanol–water partition coefficient (Wildman–Crippen LogP) is 4.65. The van der Waals surface area contributed by atoms with Crippen molar-refractivity contribution in [3.05, 3.63) is 53.3 Å². The van der Waals surface area contributed by atoms with Crippen LogP contribution in [0.15, 0.2) is 53.3 Å². The van der Waals surface area contributed by atoms with Crippen LogP contribution in [0.25, 0.3) is 0 Å². The number of hydrogen-bond acceptors (Lipinski definition) is 7. The summed E-state index contributed by atoms with van der Waals surface area (Å²) in [5, 5.41) is 8.53. The molecule has 0 unspecified atom stereocenters. The highest BCUT2D eigenvalue weighted by atomic mass is 79.9. The molecule has 0 aliphatic heterocycles. The Morgan fingerprint density at radius 3 is 2.23 bits per heavy atom. The Labute approximate surface area is 181 Å². The zero-order valence-electron chi connectivity index (χ0n) is 16.5. The number of aromatic nitrogens is 2. The van der Waals surface area contributed by atoms with Crippen LogP contribution in [0, 0.1) is 0 Å². The molecule has 0 atom stereocenters. The van der Waals surface area contributed by atoms with E-state index >= 15 is 0 Å². The van der Waals surface area contributed by atoms with E-state index in [1.54, 1.807) is 31.4 Å². The molecule has 0 saturated carbocycles. The molecule has 0 radical (unpaired) electrons. The molecular weight excluding hydrogens is 454 g/mol. The largest absolute Gasteiger partial charge is 0.497 e. The third-order valence-electron chi connectivity index (χ3n) is 3.94. The Balaban J connectivity index is 1.71. The SMILES string of the molecule is COc1cc(NC(=O)Nc2cc(Nc3cc(Br)ccc3OC)ncn2)cc(OC)c1. The van der Waals surface area contributed by atoms with Gasteiger partial charge in [0, 0.05) is 34.4 Å². The number of urea groups is 1. The Morgan fingerprint density at radius 2 is 1.57 bits per heavy atom. The fourth-order valence-electron chi connectivity index (χ4n) is 2.57. The molecule has 3 N–H and O–H groups in total. The van der Waals surface area contributed by atoms with E-state index in [9.17, 15) is 4.79 Å². The lowest BCUT2D eigenvalue weighted by molar-refractivity contribution is 0.262. The second kappa shape index (κ2) is 9.79. The fraction of sp³-hybridized carbons (Fsp3) is 0.150. The molecule has 1 aromatic heterocycles. The molecule has 10 heteroatoms. The monoisotopic (exact) mass is 473 g/mol. The van der Waals surface area contributed by atoms with E-state index in [1.165, 1.54) is 20.5 Å². The third kappa shape index (κ3) is 5.51. The summed E-state index contributed by atoms with van der Waals surface area (Å²) in [4.78, 5) is 20.6. The van der Waals surface area contributed by atoms with Gasteiger partial charge in [-0.1, -0.05) is 15.9 Å². The van der Waals surface area contributed by atoms with Crippen LogP contribution in [0.5, 0.6) is 17.2 Å². The second-order valence-corrected chi connectivity index (χ2v) is 6.85. The van der Waals surface area contributed by atoms with Crippen molar-refractivity contribution in [2.24, 2.45) is 0 Å². The highest BCUT2D eigenvalue weighted by Gasteiger charge is 2.09. The van der Waals surface area contributed by atoms with Gasteiger partial charge in [-0.25, -0.2) is 14.8 Å². The van der Waals surface area contributed by atoms with Gasteiger partial charge in [0.1, 0.15) is 35.2 Å². The minimum atomic E-state index is -0.477. The average Bonchev–Trinajstić information content (AvgIpc) is 2.73. The lowest BCUT2D eigenvalue weighted by atomic mass is 10.3. The smallest absolute Gasteiger partial charge is 0.324 e. The van der Waals surface area contributed by atoms with Crippen molar-refractivity contribution in [2.75, 3.05) is 37.3 Å². The molecule has 3 rings (SSSR count). The Bertz CT molecular complexity index is 1030. The van der Waals surface area contributed by atoms with Crippen molar-refractivity contribution in [3.8, 4) is 17.2 Å². The molecule has 0 fully saturated rings. The summed E-state index contributed by atoms with van der Waals surface area (Å²) < 4.78 is 16.6. The van der Waals surface area contributed by atoms with Gasteiger partial charge in [0.15, 0.2) is 0 Å². The highest BCUT2D eigenvalue weighted by Crippen LogP contribution is 2.30. The summed E-state index contributed by atoms with van der Waals surface area (Å²) in [5.74, 6) is 2.56. The highest BCUT2D eigenvalue weighted by molar-refractivity contribution is 9.10. The maximum atomic E-state index is 12.4. The second-order valence-electron chi connectivity index (χ2n) is 5.94. The number of halogens is 1. The Hall–Kier alpha value is -3.53. The first-order valence-corrected chi connectivity index (χ1v) is 9.53. The molecule has 0 spiro atoms. The van der Waals surface area contributed by atoms with Crippen molar-refractivity contribution in [3.63, 3.8) is 0 Å². The maximum Gasteiger partial charge on any atom is 0.324 e. The molecule has 9 nitrogen and oxygen atoms in total. The van der Waals surface area contributed by atoms with Crippen molar-refractivity contribution in [1.29, 1.82) is 0 Å². The maximum absolute atomic E-state index is 12.4. The lowest BCUT2D eigenvalue weighted by Gasteiger charge is -2.12. The Morgan fingerprint density at radius 1 is 0.867 bits per heavy atom. The number of methoxy groups -OCH3 is 3. The van der Waals surface area contributed by atoms with E-state index in [-0.39, 0.29) is 0 Å². The van der Waals surface area contributed by atoms with Crippen LogP contribution in [-0.2, 0) is 0 Å². The van der Waals surface area contributed by atoms with Gasteiger partial charge in [0.25, 0.3) is 0 Å². The minimum absolute atomic E-state index is 0.314. The number of ether oxygens (including phenoxy) is 3. The van der Waals surface area contributed by atoms with Crippen LogP contribution < -0.4 is 30.2 Å². The quantitative estimate of drug-likeness (QED) is 0.458. The van der Waals surface area contributed by atoms with Gasteiger partial charge in [0.05, 0.1) is 27.0 Å². The average molecular weight is 474 g/mol. The van der Waals surface area contributed by atoms with E-state index < -0.39 is 6.03 Å². The molecular formula is C20H20BrN5O4. The van der Waals surface area contributed by atoms with E-state index in [1.807, 2.05) is 18.2 Å². The van der Waals surface area contributed by atoms with E-state index in [0.717, 1.165) is 4.47 Å². The first kappa shape index (κ1) is 21.2. The number of anilines is 4. The predicted molar refractivity (Wildman–Crippen MR) is 118 cm³/mol. The first-order chi connectivity index (χ1) is 14.5. The molecule has 3 aromatic rings. The molecule has 2 amide bonds. The van der Waals surface area contributed by atoms with Crippen LogP contribution in [0.1, 0.15) is 0 Å². The number of benzene rings is 2. The van der Waals surface area contributed by atoms with E-state index in [4.69, 9.17) is 14.2 Å². The van der Waals surface area contributed by atoms with Crippen molar-refractivity contribution >= 4 is 45.0 Å². The lowest BCUT2D eigenvalue weighted by Crippen LogP contribution is -2.20. The summed E-state index contributed by atoms with van der Waals surface area (Å²) >= 11 is 3.43. The molecule has 0 aliphatic rings. The number of amides is 2. The van der Waals surface area contributed by atoms with Gasteiger partial charge in [0.2, 0.25) is 0 Å². The molecule has 1 heterocycles. The summed E-state index contributed by atoms with van der Waals surface area (Å²) in [5.41, 5.74) is 1.22. The summed E-state index contributed by atoms with van der Waals surface area (Å²) in [6.07, 6.45) is 1.34. The van der Waals surface area contributed by atoms with Gasteiger partial charge in [-0.05, 0) is 18.2 Å². The number of hydrogen-bond donors (Lipinski definition) is 3. The zero-order chi connectivity index (χ0) is 21.5. The van der Waals surface area contributed by atoms with Crippen molar-refractivity contribution in [2.45, 2.75) is 0 Å². The molecule has 0 aliphatic carbocycles. The van der Waals surface area contributed by atoms with Crippen LogP contribution in [0.4, 0.5) is 27.8 Å². The summed E-state index contributed by atoms with van der Waals surface area (Å²) in [7, 11) is 4.65. The number of carbonyl (C=O) groups excluding carboxylic acids is 1. The first-order valence-electron chi connectivity index (χ1n) is 8.74. The fourth-order valence-corrected chi connectivity index (χ4v) is 2.93. The molecule has 0 bridgehead atoms. The van der Waals surface area contributed by atoms with Crippen LogP contribution in [0.2, 0.25) is 0 Å². The normalized spacial score (nSPS) is 10.1. The van der Waals surface area contributed by atoms with E-state index in [2.05, 4.69) is 41.8 Å². The summed E-state index contributed by atoms with van der Waals surface area (Å²) in [6.45, 7) is 0. The van der Waals surface area contributed by atoms with Gasteiger partial charge >= 0.3 is 6.03 Å². The molecule has 0 saturated heterocycles. The van der Waals surface area contributed by atoms with Crippen LogP contribution in [-0.4, -0.2) is 37.3 Å². The standard InChI is InChI=1S/C20H20BrN5O4/c1-28-14-7-13(8-15(9-14)29-2)24-20(27)26-19-10-18(22-11-23-19)25-16-6-12(21)4-5-17(16)30-3/h4-11H,1-3H3,(H3,22,23,24,25,26,27).